The summed E-state index contributed by atoms with van der Waals surface area (Å²) in [7, 11) is 1.47. The molecule has 2 amide bonds. The van der Waals surface area contributed by atoms with E-state index in [9.17, 15) is 9.59 Å². The van der Waals surface area contributed by atoms with Gasteiger partial charge in [0.2, 0.25) is 5.91 Å². The number of benzene rings is 2. The number of nitrogens with one attached hydrogen (secondary N) is 2. The fraction of sp³-hybridized carbons (Fsp3) is 0.333. The van der Waals surface area contributed by atoms with Crippen molar-refractivity contribution in [2.45, 2.75) is 26.8 Å². The largest absolute Gasteiger partial charge is 0.375 e. The lowest BCUT2D eigenvalue weighted by Crippen LogP contribution is -2.30. The molecule has 0 radical (unpaired) electrons. The molecule has 6 nitrogen and oxygen atoms in total. The number of rotatable bonds is 8. The smallest absolute Gasteiger partial charge is 0.255 e. The molecule has 0 bridgehead atoms. The van der Waals surface area contributed by atoms with E-state index in [1.165, 1.54) is 7.11 Å². The quantitative estimate of drug-likeness (QED) is 0.743. The molecule has 0 aromatic heterocycles. The molecule has 0 aliphatic rings. The van der Waals surface area contributed by atoms with E-state index in [0.29, 0.717) is 23.0 Å². The van der Waals surface area contributed by atoms with Crippen LogP contribution in [0.25, 0.3) is 0 Å². The maximum atomic E-state index is 12.4. The van der Waals surface area contributed by atoms with Crippen LogP contribution in [-0.2, 0) is 9.53 Å². The number of amides is 2. The van der Waals surface area contributed by atoms with Crippen molar-refractivity contribution in [2.24, 2.45) is 0 Å². The van der Waals surface area contributed by atoms with Gasteiger partial charge in [-0.05, 0) is 69.3 Å². The van der Waals surface area contributed by atoms with Gasteiger partial charge < -0.3 is 20.3 Å². The molecule has 2 rings (SSSR count). The van der Waals surface area contributed by atoms with Crippen LogP contribution in [0.1, 0.15) is 31.1 Å². The number of hydrogen-bond donors (Lipinski definition) is 2. The van der Waals surface area contributed by atoms with Crippen molar-refractivity contribution in [2.75, 3.05) is 35.8 Å². The van der Waals surface area contributed by atoms with E-state index in [1.807, 2.05) is 24.3 Å². The van der Waals surface area contributed by atoms with Crippen molar-refractivity contribution in [1.29, 1.82) is 0 Å². The lowest BCUT2D eigenvalue weighted by molar-refractivity contribution is -0.119. The first kappa shape index (κ1) is 20.5. The first-order valence-corrected chi connectivity index (χ1v) is 9.01. The van der Waals surface area contributed by atoms with Gasteiger partial charge in [-0.1, -0.05) is 0 Å². The molecule has 0 atom stereocenters. The maximum absolute atomic E-state index is 12.4. The lowest BCUT2D eigenvalue weighted by atomic mass is 10.1. The highest BCUT2D eigenvalue weighted by atomic mass is 16.5. The van der Waals surface area contributed by atoms with Gasteiger partial charge in [0.25, 0.3) is 5.91 Å². The molecule has 2 N–H and O–H groups in total. The van der Waals surface area contributed by atoms with Crippen molar-refractivity contribution in [3.63, 3.8) is 0 Å². The fourth-order valence-electron chi connectivity index (χ4n) is 2.82. The van der Waals surface area contributed by atoms with Crippen LogP contribution in [0.2, 0.25) is 0 Å². The summed E-state index contributed by atoms with van der Waals surface area (Å²) in [4.78, 5) is 26.2. The molecule has 0 unspecified atom stereocenters. The second-order valence-corrected chi connectivity index (χ2v) is 6.44. The van der Waals surface area contributed by atoms with E-state index in [-0.39, 0.29) is 18.4 Å². The summed E-state index contributed by atoms with van der Waals surface area (Å²) in [6.07, 6.45) is 0. The van der Waals surface area contributed by atoms with E-state index < -0.39 is 0 Å². The molecule has 0 spiro atoms. The standard InChI is InChI=1S/C21H27N3O3/c1-5-24(15(2)3)19-12-6-16(7-13-19)21(26)23-18-10-8-17(9-11-18)22-20(25)14-27-4/h6-13,15H,5,14H2,1-4H3,(H,22,25)(H,23,26). The SMILES string of the molecule is CCN(c1ccc(C(=O)Nc2ccc(NC(=O)COC)cc2)cc1)C(C)C. The minimum Gasteiger partial charge on any atom is -0.375 e. The number of ether oxygens (including phenoxy) is 1. The maximum Gasteiger partial charge on any atom is 0.255 e. The van der Waals surface area contributed by atoms with Gasteiger partial charge in [-0.25, -0.2) is 0 Å². The Bertz CT molecular complexity index is 755. The third kappa shape index (κ3) is 5.82. The Morgan fingerprint density at radius 1 is 0.963 bits per heavy atom. The molecule has 0 aliphatic carbocycles. The molecule has 0 fully saturated rings. The van der Waals surface area contributed by atoms with Crippen LogP contribution in [-0.4, -0.2) is 38.1 Å². The van der Waals surface area contributed by atoms with Crippen LogP contribution >= 0.6 is 0 Å². The second-order valence-electron chi connectivity index (χ2n) is 6.44. The third-order valence-electron chi connectivity index (χ3n) is 4.13. The van der Waals surface area contributed by atoms with Gasteiger partial charge in [0, 0.05) is 42.3 Å². The van der Waals surface area contributed by atoms with E-state index in [4.69, 9.17) is 4.74 Å². The van der Waals surface area contributed by atoms with Crippen LogP contribution in [0.5, 0.6) is 0 Å². The van der Waals surface area contributed by atoms with Crippen molar-refractivity contribution < 1.29 is 14.3 Å². The summed E-state index contributed by atoms with van der Waals surface area (Å²) < 4.78 is 4.77. The Morgan fingerprint density at radius 3 is 2.00 bits per heavy atom. The predicted molar refractivity (Wildman–Crippen MR) is 109 cm³/mol. The van der Waals surface area contributed by atoms with Crippen LogP contribution < -0.4 is 15.5 Å². The van der Waals surface area contributed by atoms with Crippen molar-refractivity contribution in [3.05, 3.63) is 54.1 Å². The van der Waals surface area contributed by atoms with Gasteiger partial charge in [0.1, 0.15) is 6.61 Å². The van der Waals surface area contributed by atoms with Gasteiger partial charge in [-0.15, -0.1) is 0 Å². The summed E-state index contributed by atoms with van der Waals surface area (Å²) >= 11 is 0. The van der Waals surface area contributed by atoms with Gasteiger partial charge in [-0.3, -0.25) is 9.59 Å². The highest BCUT2D eigenvalue weighted by molar-refractivity contribution is 6.04. The molecule has 0 saturated carbocycles. The molecule has 144 valence electrons. The van der Waals surface area contributed by atoms with Crippen LogP contribution in [0.4, 0.5) is 17.1 Å². The first-order valence-electron chi connectivity index (χ1n) is 9.01. The van der Waals surface area contributed by atoms with Crippen molar-refractivity contribution in [3.8, 4) is 0 Å². The number of carbonyl (C=O) groups excluding carboxylic acids is 2. The normalized spacial score (nSPS) is 10.6. The van der Waals surface area contributed by atoms with Crippen LogP contribution in [0.15, 0.2) is 48.5 Å². The minimum atomic E-state index is -0.225. The highest BCUT2D eigenvalue weighted by Crippen LogP contribution is 2.19. The van der Waals surface area contributed by atoms with E-state index in [1.54, 1.807) is 24.3 Å². The molecule has 0 aliphatic heterocycles. The number of nitrogens with zero attached hydrogens (tertiary/aromatic N) is 1. The number of hydrogen-bond acceptors (Lipinski definition) is 4. The number of anilines is 3. The van der Waals surface area contributed by atoms with Gasteiger partial charge >= 0.3 is 0 Å². The van der Waals surface area contributed by atoms with E-state index in [2.05, 4.69) is 36.3 Å². The van der Waals surface area contributed by atoms with Crippen molar-refractivity contribution in [1.82, 2.24) is 0 Å². The van der Waals surface area contributed by atoms with Gasteiger partial charge in [0.15, 0.2) is 0 Å². The summed E-state index contributed by atoms with van der Waals surface area (Å²) in [5, 5.41) is 5.56. The topological polar surface area (TPSA) is 70.7 Å². The summed E-state index contributed by atoms with van der Waals surface area (Å²) in [6.45, 7) is 7.32. The second kappa shape index (κ2) is 9.73. The Hall–Kier alpha value is -2.86. The summed E-state index contributed by atoms with van der Waals surface area (Å²) in [5.41, 5.74) is 3.00. The lowest BCUT2D eigenvalue weighted by Gasteiger charge is -2.27. The Morgan fingerprint density at radius 2 is 1.52 bits per heavy atom. The monoisotopic (exact) mass is 369 g/mol. The van der Waals surface area contributed by atoms with E-state index in [0.717, 1.165) is 12.2 Å². The average Bonchev–Trinajstić information content (AvgIpc) is 2.64. The molecule has 2 aromatic rings. The zero-order chi connectivity index (χ0) is 19.8. The fourth-order valence-corrected chi connectivity index (χ4v) is 2.82. The molecular formula is C21H27N3O3. The summed E-state index contributed by atoms with van der Waals surface area (Å²) in [6, 6.07) is 14.9. The predicted octanol–water partition coefficient (Wildman–Crippen LogP) is 3.76. The summed E-state index contributed by atoms with van der Waals surface area (Å²) in [5.74, 6) is -0.401. The molecule has 27 heavy (non-hydrogen) atoms. The molecule has 6 heteroatoms. The number of carbonyl (C=O) groups is 2. The zero-order valence-electron chi connectivity index (χ0n) is 16.3. The molecule has 0 heterocycles. The van der Waals surface area contributed by atoms with Gasteiger partial charge in [-0.2, -0.15) is 0 Å². The van der Waals surface area contributed by atoms with Gasteiger partial charge in [0.05, 0.1) is 0 Å². The third-order valence-corrected chi connectivity index (χ3v) is 4.13. The highest BCUT2D eigenvalue weighted by Gasteiger charge is 2.11. The zero-order valence-corrected chi connectivity index (χ0v) is 16.3. The number of methoxy groups -OCH3 is 1. The Kier molecular flexibility index (Phi) is 7.37. The Balaban J connectivity index is 1.99. The molecule has 0 saturated heterocycles. The van der Waals surface area contributed by atoms with E-state index >= 15 is 0 Å². The van der Waals surface area contributed by atoms with Crippen molar-refractivity contribution >= 4 is 28.9 Å². The molecule has 2 aromatic carbocycles. The van der Waals surface area contributed by atoms with Crippen LogP contribution in [0, 0.1) is 0 Å². The van der Waals surface area contributed by atoms with Crippen LogP contribution in [0.3, 0.4) is 0 Å². The Labute approximate surface area is 160 Å². The average molecular weight is 369 g/mol. The first-order chi connectivity index (χ1) is 12.9. The minimum absolute atomic E-state index is 0.000746. The molecular weight excluding hydrogens is 342 g/mol.